The van der Waals surface area contributed by atoms with Gasteiger partial charge in [0.05, 0.1) is 6.04 Å². The van der Waals surface area contributed by atoms with Gasteiger partial charge in [0.2, 0.25) is 5.56 Å². The van der Waals surface area contributed by atoms with Crippen LogP contribution in [0.4, 0.5) is 4.79 Å². The molecule has 1 aliphatic heterocycles. The van der Waals surface area contributed by atoms with Crippen LogP contribution < -0.4 is 5.56 Å². The fourth-order valence-electron chi connectivity index (χ4n) is 4.58. The molecular formula is C28H30N2O3. The molecule has 0 aliphatic carbocycles. The molecule has 0 bridgehead atoms. The molecule has 5 heteroatoms. The summed E-state index contributed by atoms with van der Waals surface area (Å²) in [7, 11) is 1.74. The lowest BCUT2D eigenvalue weighted by atomic mass is 9.83. The highest BCUT2D eigenvalue weighted by atomic mass is 16.6. The smallest absolute Gasteiger partial charge is 0.411 e. The highest BCUT2D eigenvalue weighted by Gasteiger charge is 2.43. The quantitative estimate of drug-likeness (QED) is 0.452. The minimum Gasteiger partial charge on any atom is -0.437 e. The van der Waals surface area contributed by atoms with Gasteiger partial charge in [-0.2, -0.15) is 0 Å². The number of aromatic nitrogens is 1. The van der Waals surface area contributed by atoms with Gasteiger partial charge in [-0.1, -0.05) is 66.7 Å². The molecule has 1 amide bonds. The molecule has 0 radical (unpaired) electrons. The Hall–Kier alpha value is -3.60. The van der Waals surface area contributed by atoms with Crippen molar-refractivity contribution in [2.75, 3.05) is 6.54 Å². The molecule has 0 spiro atoms. The minimum absolute atomic E-state index is 0.0363. The van der Waals surface area contributed by atoms with E-state index in [1.54, 1.807) is 22.6 Å². The van der Waals surface area contributed by atoms with E-state index in [9.17, 15) is 9.59 Å². The summed E-state index contributed by atoms with van der Waals surface area (Å²) >= 11 is 0. The van der Waals surface area contributed by atoms with Crippen molar-refractivity contribution in [3.8, 4) is 11.1 Å². The molecule has 1 fully saturated rings. The zero-order valence-electron chi connectivity index (χ0n) is 19.5. The van der Waals surface area contributed by atoms with Crippen LogP contribution in [-0.2, 0) is 17.4 Å². The van der Waals surface area contributed by atoms with Gasteiger partial charge in [0.15, 0.2) is 0 Å². The van der Waals surface area contributed by atoms with Crippen molar-refractivity contribution < 1.29 is 9.53 Å². The molecule has 1 aromatic heterocycles. The lowest BCUT2D eigenvalue weighted by Crippen LogP contribution is -2.48. The summed E-state index contributed by atoms with van der Waals surface area (Å²) < 4.78 is 7.71. The van der Waals surface area contributed by atoms with E-state index in [1.807, 2.05) is 80.7 Å². The standard InChI is InChI=1S/C28H30N2O3/c1-20(2)18-28(25-8-6-5-7-9-25)16-17-30(27(32)33-28)21(3)22-10-12-23(13-11-22)24-14-15-26(31)29(4)19-24/h5-15,19,21H,1,16-18H2,2-4H3/t21-,28?/m0/s1. The van der Waals surface area contributed by atoms with E-state index in [0.717, 1.165) is 27.8 Å². The maximum Gasteiger partial charge on any atom is 0.411 e. The van der Waals surface area contributed by atoms with Crippen LogP contribution in [0, 0.1) is 0 Å². The van der Waals surface area contributed by atoms with Crippen molar-refractivity contribution in [3.05, 3.63) is 107 Å². The molecule has 3 aromatic rings. The van der Waals surface area contributed by atoms with Crippen molar-refractivity contribution in [2.45, 2.75) is 38.3 Å². The molecule has 1 saturated heterocycles. The Balaban J connectivity index is 1.53. The third-order valence-corrected chi connectivity index (χ3v) is 6.44. The minimum atomic E-state index is -0.673. The molecule has 4 rings (SSSR count). The Kier molecular flexibility index (Phi) is 6.23. The maximum atomic E-state index is 13.2. The predicted molar refractivity (Wildman–Crippen MR) is 131 cm³/mol. The first-order valence-corrected chi connectivity index (χ1v) is 11.3. The number of cyclic esters (lactones) is 1. The normalized spacial score (nSPS) is 19.1. The summed E-state index contributed by atoms with van der Waals surface area (Å²) in [6.45, 7) is 8.66. The number of nitrogens with zero attached hydrogens (tertiary/aromatic N) is 2. The SMILES string of the molecule is C=C(C)CC1(c2ccccc2)CCN([C@@H](C)c2ccc(-c3ccc(=O)n(C)c3)cc2)C(=O)O1. The van der Waals surface area contributed by atoms with Gasteiger partial charge in [-0.15, -0.1) is 0 Å². The summed E-state index contributed by atoms with van der Waals surface area (Å²) in [6, 6.07) is 21.4. The van der Waals surface area contributed by atoms with Crippen molar-refractivity contribution in [1.29, 1.82) is 0 Å². The lowest BCUT2D eigenvalue weighted by Gasteiger charge is -2.43. The van der Waals surface area contributed by atoms with Crippen LogP contribution in [0.2, 0.25) is 0 Å². The first kappa shape index (κ1) is 22.6. The predicted octanol–water partition coefficient (Wildman–Crippen LogP) is 5.82. The maximum absolute atomic E-state index is 13.2. The van der Waals surface area contributed by atoms with Crippen molar-refractivity contribution in [2.24, 2.45) is 7.05 Å². The van der Waals surface area contributed by atoms with E-state index in [0.29, 0.717) is 19.4 Å². The highest BCUT2D eigenvalue weighted by Crippen LogP contribution is 2.41. The number of pyridine rings is 1. The molecule has 5 nitrogen and oxygen atoms in total. The van der Waals surface area contributed by atoms with E-state index < -0.39 is 5.60 Å². The third-order valence-electron chi connectivity index (χ3n) is 6.44. The molecule has 2 atom stereocenters. The Morgan fingerprint density at radius 3 is 2.30 bits per heavy atom. The van der Waals surface area contributed by atoms with Crippen molar-refractivity contribution in [3.63, 3.8) is 0 Å². The van der Waals surface area contributed by atoms with Gasteiger partial charge in [0.1, 0.15) is 5.60 Å². The number of carbonyl (C=O) groups excluding carboxylic acids is 1. The Bertz CT molecular complexity index is 1210. The van der Waals surface area contributed by atoms with Crippen LogP contribution in [0.25, 0.3) is 11.1 Å². The van der Waals surface area contributed by atoms with Crippen LogP contribution in [0.1, 0.15) is 43.9 Å². The second-order valence-corrected chi connectivity index (χ2v) is 8.97. The van der Waals surface area contributed by atoms with Gasteiger partial charge in [0, 0.05) is 38.7 Å². The van der Waals surface area contributed by atoms with E-state index in [-0.39, 0.29) is 17.7 Å². The van der Waals surface area contributed by atoms with Gasteiger partial charge in [-0.05, 0) is 42.2 Å². The summed E-state index contributed by atoms with van der Waals surface area (Å²) in [5.74, 6) is 0. The third kappa shape index (κ3) is 4.63. The number of carbonyl (C=O) groups is 1. The van der Waals surface area contributed by atoms with Gasteiger partial charge < -0.3 is 14.2 Å². The summed E-state index contributed by atoms with van der Waals surface area (Å²) in [5.41, 5.74) is 4.32. The van der Waals surface area contributed by atoms with E-state index in [2.05, 4.69) is 6.58 Å². The zero-order chi connectivity index (χ0) is 23.6. The van der Waals surface area contributed by atoms with Crippen molar-refractivity contribution >= 4 is 6.09 Å². The summed E-state index contributed by atoms with van der Waals surface area (Å²) in [6.07, 6.45) is 2.84. The molecule has 170 valence electrons. The van der Waals surface area contributed by atoms with Gasteiger partial charge in [-0.3, -0.25) is 4.79 Å². The molecule has 1 unspecified atom stereocenters. The molecule has 33 heavy (non-hydrogen) atoms. The summed E-state index contributed by atoms with van der Waals surface area (Å²) in [4.78, 5) is 26.6. The van der Waals surface area contributed by atoms with Crippen molar-refractivity contribution in [1.82, 2.24) is 9.47 Å². The van der Waals surface area contributed by atoms with Gasteiger partial charge in [-0.25, -0.2) is 4.79 Å². The van der Waals surface area contributed by atoms with E-state index >= 15 is 0 Å². The van der Waals surface area contributed by atoms with Crippen LogP contribution in [-0.4, -0.2) is 22.1 Å². The molecule has 2 heterocycles. The number of ether oxygens (including phenoxy) is 1. The molecule has 2 aromatic carbocycles. The topological polar surface area (TPSA) is 51.5 Å². The average molecular weight is 443 g/mol. The molecular weight excluding hydrogens is 412 g/mol. The fraction of sp³-hybridized carbons (Fsp3) is 0.286. The van der Waals surface area contributed by atoms with Gasteiger partial charge in [0.25, 0.3) is 0 Å². The number of rotatable bonds is 6. The molecule has 0 N–H and O–H groups in total. The van der Waals surface area contributed by atoms with Crippen LogP contribution in [0.5, 0.6) is 0 Å². The Labute approximate surface area is 194 Å². The second-order valence-electron chi connectivity index (χ2n) is 8.97. The molecule has 0 saturated carbocycles. The van der Waals surface area contributed by atoms with Crippen LogP contribution >= 0.6 is 0 Å². The zero-order valence-corrected chi connectivity index (χ0v) is 19.5. The number of benzene rings is 2. The van der Waals surface area contributed by atoms with Gasteiger partial charge >= 0.3 is 6.09 Å². The number of amides is 1. The molecule has 1 aliphatic rings. The summed E-state index contributed by atoms with van der Waals surface area (Å²) in [5, 5.41) is 0. The van der Waals surface area contributed by atoms with Crippen LogP contribution in [0.3, 0.4) is 0 Å². The number of aryl methyl sites for hydroxylation is 1. The lowest BCUT2D eigenvalue weighted by molar-refractivity contribution is -0.0602. The number of hydrogen-bond acceptors (Lipinski definition) is 3. The number of hydrogen-bond donors (Lipinski definition) is 0. The van der Waals surface area contributed by atoms with E-state index in [4.69, 9.17) is 4.74 Å². The Morgan fingerprint density at radius 1 is 1.03 bits per heavy atom. The average Bonchev–Trinajstić information content (AvgIpc) is 2.81. The first-order valence-electron chi connectivity index (χ1n) is 11.3. The largest absolute Gasteiger partial charge is 0.437 e. The second kappa shape index (κ2) is 9.10. The Morgan fingerprint density at radius 2 is 1.70 bits per heavy atom. The van der Waals surface area contributed by atoms with Crippen LogP contribution in [0.15, 0.2) is 89.9 Å². The van der Waals surface area contributed by atoms with E-state index in [1.165, 1.54) is 0 Å². The fourth-order valence-corrected chi connectivity index (χ4v) is 4.58. The highest BCUT2D eigenvalue weighted by molar-refractivity contribution is 5.70. The first-order chi connectivity index (χ1) is 15.8. The monoisotopic (exact) mass is 442 g/mol.